The molecule has 6 heteroatoms. The van der Waals surface area contributed by atoms with Crippen LogP contribution in [-0.2, 0) is 10.3 Å². The van der Waals surface area contributed by atoms with Crippen LogP contribution in [0.4, 0.5) is 0 Å². The van der Waals surface area contributed by atoms with Gasteiger partial charge >= 0.3 is 11.7 Å². The van der Waals surface area contributed by atoms with Crippen LogP contribution < -0.4 is 11.2 Å². The minimum absolute atomic E-state index is 0.0961. The molecule has 96 valence electrons. The number of aromatic amines is 1. The summed E-state index contributed by atoms with van der Waals surface area (Å²) >= 11 is 0. The number of H-pyrrole nitrogens is 1. The van der Waals surface area contributed by atoms with E-state index in [1.807, 2.05) is 0 Å². The smallest absolute Gasteiger partial charge is 0.345 e. The fraction of sp³-hybridized carbons (Fsp3) is 0.583. The Morgan fingerprint density at radius 1 is 1.50 bits per heavy atom. The molecule has 1 aromatic rings. The van der Waals surface area contributed by atoms with Crippen molar-refractivity contribution < 1.29 is 9.53 Å². The summed E-state index contributed by atoms with van der Waals surface area (Å²) in [6.07, 6.45) is 3.73. The third-order valence-corrected chi connectivity index (χ3v) is 3.95. The van der Waals surface area contributed by atoms with Gasteiger partial charge in [-0.2, -0.15) is 0 Å². The molecule has 0 radical (unpaired) electrons. The zero-order valence-electron chi connectivity index (χ0n) is 10.1. The molecule has 0 aromatic carbocycles. The van der Waals surface area contributed by atoms with Gasteiger partial charge in [0.15, 0.2) is 0 Å². The zero-order chi connectivity index (χ0) is 12.9. The molecule has 0 spiro atoms. The monoisotopic (exact) mass is 250 g/mol. The van der Waals surface area contributed by atoms with Crippen molar-refractivity contribution in [3.63, 3.8) is 0 Å². The second kappa shape index (κ2) is 3.57. The summed E-state index contributed by atoms with van der Waals surface area (Å²) in [5, 5.41) is 0. The lowest BCUT2D eigenvalue weighted by molar-refractivity contribution is -0.0946. The van der Waals surface area contributed by atoms with Crippen molar-refractivity contribution in [2.45, 2.75) is 31.7 Å². The first-order valence-electron chi connectivity index (χ1n) is 6.10. The highest BCUT2D eigenvalue weighted by Crippen LogP contribution is 2.61. The van der Waals surface area contributed by atoms with Crippen LogP contribution in [0, 0.1) is 5.92 Å². The van der Waals surface area contributed by atoms with Gasteiger partial charge in [-0.3, -0.25) is 9.36 Å². The number of hydrogen-bond donors (Lipinski definition) is 1. The third-order valence-electron chi connectivity index (χ3n) is 3.95. The first kappa shape index (κ1) is 11.3. The van der Waals surface area contributed by atoms with Crippen molar-refractivity contribution in [1.82, 2.24) is 9.55 Å². The number of nitrogens with zero attached hydrogens (tertiary/aromatic N) is 1. The average molecular weight is 250 g/mol. The van der Waals surface area contributed by atoms with E-state index >= 15 is 0 Å². The second-order valence-corrected chi connectivity index (χ2v) is 5.07. The van der Waals surface area contributed by atoms with Gasteiger partial charge in [0.05, 0.1) is 12.1 Å². The van der Waals surface area contributed by atoms with E-state index in [2.05, 4.69) is 4.98 Å². The van der Waals surface area contributed by atoms with E-state index in [4.69, 9.17) is 4.74 Å². The van der Waals surface area contributed by atoms with E-state index in [0.717, 1.165) is 25.5 Å². The molecule has 18 heavy (non-hydrogen) atoms. The fourth-order valence-electron chi connectivity index (χ4n) is 2.97. The van der Waals surface area contributed by atoms with Crippen molar-refractivity contribution >= 4 is 5.97 Å². The van der Waals surface area contributed by atoms with Gasteiger partial charge in [0.25, 0.3) is 5.56 Å². The van der Waals surface area contributed by atoms with Crippen LogP contribution in [0.5, 0.6) is 0 Å². The highest BCUT2D eigenvalue weighted by molar-refractivity contribution is 5.88. The molecule has 3 saturated carbocycles. The molecule has 0 aliphatic heterocycles. The van der Waals surface area contributed by atoms with E-state index in [-0.39, 0.29) is 17.7 Å². The lowest BCUT2D eigenvalue weighted by Gasteiger charge is -2.61. The number of esters is 1. The zero-order valence-corrected chi connectivity index (χ0v) is 10.1. The molecular weight excluding hydrogens is 236 g/mol. The predicted molar refractivity (Wildman–Crippen MR) is 62.6 cm³/mol. The molecule has 1 N–H and O–H groups in total. The Hall–Kier alpha value is -1.85. The number of rotatable bonds is 3. The molecule has 0 atom stereocenters. The van der Waals surface area contributed by atoms with Gasteiger partial charge in [0.2, 0.25) is 0 Å². The highest BCUT2D eigenvalue weighted by Gasteiger charge is 2.59. The SMILES string of the molecule is CCOC(=O)c1c[nH]c(=O)n(C23CC(C2)C3)c1=O. The summed E-state index contributed by atoms with van der Waals surface area (Å²) in [7, 11) is 0. The Bertz CT molecular complexity index is 611. The maximum atomic E-state index is 12.2. The van der Waals surface area contributed by atoms with Gasteiger partial charge in [-0.1, -0.05) is 0 Å². The summed E-state index contributed by atoms with van der Waals surface area (Å²) in [5.41, 5.74) is -1.40. The van der Waals surface area contributed by atoms with Crippen LogP contribution in [0.1, 0.15) is 36.5 Å². The van der Waals surface area contributed by atoms with Crippen LogP contribution in [-0.4, -0.2) is 22.1 Å². The molecule has 3 aliphatic carbocycles. The molecular formula is C12H14N2O4. The molecule has 2 bridgehead atoms. The van der Waals surface area contributed by atoms with Crippen LogP contribution >= 0.6 is 0 Å². The molecule has 4 rings (SSSR count). The highest BCUT2D eigenvalue weighted by atomic mass is 16.5. The van der Waals surface area contributed by atoms with Gasteiger partial charge in [-0.15, -0.1) is 0 Å². The number of carbonyl (C=O) groups excluding carboxylic acids is 1. The summed E-state index contributed by atoms with van der Waals surface area (Å²) in [6.45, 7) is 1.87. The van der Waals surface area contributed by atoms with Crippen LogP contribution in [0.15, 0.2) is 15.8 Å². The molecule has 0 amide bonds. The minimum atomic E-state index is -0.681. The molecule has 3 fully saturated rings. The van der Waals surface area contributed by atoms with Gasteiger partial charge in [0.1, 0.15) is 5.56 Å². The number of nitrogens with one attached hydrogen (secondary N) is 1. The normalized spacial score (nSPS) is 28.2. The maximum Gasteiger partial charge on any atom is 0.345 e. The number of aromatic nitrogens is 2. The van der Waals surface area contributed by atoms with Gasteiger partial charge in [-0.25, -0.2) is 9.59 Å². The molecule has 1 aromatic heterocycles. The summed E-state index contributed by atoms with van der Waals surface area (Å²) in [5.74, 6) is -0.0401. The quantitative estimate of drug-likeness (QED) is 0.778. The van der Waals surface area contributed by atoms with Gasteiger partial charge in [0, 0.05) is 6.20 Å². The summed E-state index contributed by atoms with van der Waals surface area (Å²) in [6, 6.07) is 0. The predicted octanol–water partition coefficient (Wildman–Crippen LogP) is 0.222. The Kier molecular flexibility index (Phi) is 2.23. The third kappa shape index (κ3) is 1.31. The van der Waals surface area contributed by atoms with Crippen molar-refractivity contribution in [2.24, 2.45) is 5.92 Å². The van der Waals surface area contributed by atoms with E-state index < -0.39 is 17.2 Å². The first-order chi connectivity index (χ1) is 8.57. The maximum absolute atomic E-state index is 12.2. The standard InChI is InChI=1S/C12H14N2O4/c1-2-18-10(16)8-6-13-11(17)14(9(8)15)12-3-7(4-12)5-12/h6-7H,2-5H2,1H3,(H,13,17). The first-order valence-corrected chi connectivity index (χ1v) is 6.10. The molecule has 0 unspecified atom stereocenters. The molecule has 1 heterocycles. The topological polar surface area (TPSA) is 81.2 Å². The number of ether oxygens (including phenoxy) is 1. The van der Waals surface area contributed by atoms with Crippen molar-refractivity contribution in [3.05, 3.63) is 32.6 Å². The lowest BCUT2D eigenvalue weighted by Crippen LogP contribution is -2.66. The fourth-order valence-corrected chi connectivity index (χ4v) is 2.97. The van der Waals surface area contributed by atoms with Crippen LogP contribution in [0.25, 0.3) is 0 Å². The largest absolute Gasteiger partial charge is 0.462 e. The van der Waals surface area contributed by atoms with Gasteiger partial charge < -0.3 is 9.72 Å². The van der Waals surface area contributed by atoms with E-state index in [1.165, 1.54) is 4.57 Å². The Morgan fingerprint density at radius 2 is 2.17 bits per heavy atom. The minimum Gasteiger partial charge on any atom is -0.462 e. The average Bonchev–Trinajstić information content (AvgIpc) is 2.19. The van der Waals surface area contributed by atoms with Crippen molar-refractivity contribution in [2.75, 3.05) is 6.61 Å². The van der Waals surface area contributed by atoms with Crippen LogP contribution in [0.2, 0.25) is 0 Å². The number of carbonyl (C=O) groups is 1. The molecule has 0 saturated heterocycles. The Morgan fingerprint density at radius 3 is 2.67 bits per heavy atom. The van der Waals surface area contributed by atoms with E-state index in [1.54, 1.807) is 6.92 Å². The van der Waals surface area contributed by atoms with Crippen molar-refractivity contribution in [3.8, 4) is 0 Å². The lowest BCUT2D eigenvalue weighted by atomic mass is 9.49. The van der Waals surface area contributed by atoms with Gasteiger partial charge in [-0.05, 0) is 32.1 Å². The van der Waals surface area contributed by atoms with E-state index in [9.17, 15) is 14.4 Å². The van der Waals surface area contributed by atoms with Crippen molar-refractivity contribution in [1.29, 1.82) is 0 Å². The summed E-state index contributed by atoms with van der Waals surface area (Å²) < 4.78 is 6.01. The molecule has 6 nitrogen and oxygen atoms in total. The van der Waals surface area contributed by atoms with E-state index in [0.29, 0.717) is 5.92 Å². The summed E-state index contributed by atoms with van der Waals surface area (Å²) in [4.78, 5) is 38.1. The Labute approximate surface area is 103 Å². The number of hydrogen-bond acceptors (Lipinski definition) is 4. The second-order valence-electron chi connectivity index (χ2n) is 5.07. The molecule has 3 aliphatic rings. The van der Waals surface area contributed by atoms with Crippen LogP contribution in [0.3, 0.4) is 0 Å². The Balaban J connectivity index is 2.09.